The fourth-order valence-corrected chi connectivity index (χ4v) is 1.94. The second kappa shape index (κ2) is 7.34. The second-order valence-electron chi connectivity index (χ2n) is 3.96. The summed E-state index contributed by atoms with van der Waals surface area (Å²) in [6, 6.07) is 0. The van der Waals surface area contributed by atoms with Gasteiger partial charge in [0.15, 0.2) is 0 Å². The van der Waals surface area contributed by atoms with Crippen molar-refractivity contribution in [2.75, 3.05) is 33.4 Å². The van der Waals surface area contributed by atoms with E-state index in [9.17, 15) is 0 Å². The lowest BCUT2D eigenvalue weighted by atomic mass is 10.1. The van der Waals surface area contributed by atoms with Crippen LogP contribution in [0.25, 0.3) is 0 Å². The molecule has 0 saturated carbocycles. The standard InChI is InChI=1S/C11H23NO/c1-13-11-7-3-6-10-12-8-4-2-5-9-12/h2-11H2,1H3. The normalized spacial score (nSPS) is 19.2. The molecule has 0 aromatic rings. The Labute approximate surface area is 82.3 Å². The molecule has 0 bridgehead atoms. The molecule has 0 amide bonds. The van der Waals surface area contributed by atoms with Gasteiger partial charge in [-0.3, -0.25) is 0 Å². The van der Waals surface area contributed by atoms with E-state index in [1.807, 2.05) is 0 Å². The molecule has 1 saturated heterocycles. The van der Waals surface area contributed by atoms with E-state index in [0.29, 0.717) is 0 Å². The number of methoxy groups -OCH3 is 1. The van der Waals surface area contributed by atoms with Crippen molar-refractivity contribution in [3.8, 4) is 0 Å². The Morgan fingerprint density at radius 2 is 1.77 bits per heavy atom. The summed E-state index contributed by atoms with van der Waals surface area (Å²) in [6.07, 6.45) is 8.17. The van der Waals surface area contributed by atoms with Gasteiger partial charge in [-0.25, -0.2) is 0 Å². The summed E-state index contributed by atoms with van der Waals surface area (Å²) in [5, 5.41) is 0. The number of piperidine rings is 1. The van der Waals surface area contributed by atoms with Crippen molar-refractivity contribution in [3.63, 3.8) is 0 Å². The summed E-state index contributed by atoms with van der Waals surface area (Å²) >= 11 is 0. The Morgan fingerprint density at radius 3 is 2.46 bits per heavy atom. The van der Waals surface area contributed by atoms with Gasteiger partial charge in [0.2, 0.25) is 0 Å². The quantitative estimate of drug-likeness (QED) is 0.589. The van der Waals surface area contributed by atoms with Crippen LogP contribution in [0.3, 0.4) is 0 Å². The highest BCUT2D eigenvalue weighted by Gasteiger charge is 2.08. The molecule has 0 aromatic heterocycles. The Kier molecular flexibility index (Phi) is 6.21. The van der Waals surface area contributed by atoms with Crippen LogP contribution in [-0.2, 0) is 4.74 Å². The molecule has 0 spiro atoms. The Bertz CT molecular complexity index is 111. The van der Waals surface area contributed by atoms with Crippen molar-refractivity contribution in [2.24, 2.45) is 0 Å². The number of hydrogen-bond donors (Lipinski definition) is 0. The van der Waals surface area contributed by atoms with Crippen molar-refractivity contribution in [1.82, 2.24) is 4.90 Å². The molecule has 1 rings (SSSR count). The third-order valence-corrected chi connectivity index (χ3v) is 2.77. The van der Waals surface area contributed by atoms with E-state index in [4.69, 9.17) is 4.74 Å². The molecule has 13 heavy (non-hydrogen) atoms. The van der Waals surface area contributed by atoms with Crippen molar-refractivity contribution in [1.29, 1.82) is 0 Å². The Balaban J connectivity index is 1.86. The summed E-state index contributed by atoms with van der Waals surface area (Å²) in [7, 11) is 1.78. The van der Waals surface area contributed by atoms with Gasteiger partial charge >= 0.3 is 0 Å². The minimum Gasteiger partial charge on any atom is -0.385 e. The first-order valence-corrected chi connectivity index (χ1v) is 5.65. The summed E-state index contributed by atoms with van der Waals surface area (Å²) in [5.74, 6) is 0. The smallest absolute Gasteiger partial charge is 0.0462 e. The lowest BCUT2D eigenvalue weighted by Crippen LogP contribution is -2.30. The highest BCUT2D eigenvalue weighted by Crippen LogP contribution is 2.09. The highest BCUT2D eigenvalue weighted by molar-refractivity contribution is 4.63. The number of rotatable bonds is 6. The van der Waals surface area contributed by atoms with Crippen LogP contribution in [0.2, 0.25) is 0 Å². The van der Waals surface area contributed by atoms with Crippen LogP contribution >= 0.6 is 0 Å². The topological polar surface area (TPSA) is 12.5 Å². The molecule has 0 radical (unpaired) electrons. The zero-order valence-corrected chi connectivity index (χ0v) is 8.93. The van der Waals surface area contributed by atoms with Gasteiger partial charge in [0.25, 0.3) is 0 Å². The van der Waals surface area contributed by atoms with E-state index < -0.39 is 0 Å². The Hall–Kier alpha value is -0.0800. The lowest BCUT2D eigenvalue weighted by Gasteiger charge is -2.26. The fourth-order valence-electron chi connectivity index (χ4n) is 1.94. The molecule has 78 valence electrons. The summed E-state index contributed by atoms with van der Waals surface area (Å²) in [4.78, 5) is 2.61. The molecule has 1 aliphatic heterocycles. The molecule has 0 aliphatic carbocycles. The minimum atomic E-state index is 0.931. The third kappa shape index (κ3) is 5.27. The first-order chi connectivity index (χ1) is 6.43. The summed E-state index contributed by atoms with van der Waals surface area (Å²) in [6.45, 7) is 4.91. The van der Waals surface area contributed by atoms with E-state index in [2.05, 4.69) is 4.90 Å². The number of ether oxygens (including phenoxy) is 1. The van der Waals surface area contributed by atoms with Gasteiger partial charge in [-0.2, -0.15) is 0 Å². The molecule has 0 N–H and O–H groups in total. The van der Waals surface area contributed by atoms with Gasteiger partial charge in [-0.1, -0.05) is 6.42 Å². The number of nitrogens with zero attached hydrogens (tertiary/aromatic N) is 1. The predicted octanol–water partition coefficient (Wildman–Crippen LogP) is 2.29. The fraction of sp³-hybridized carbons (Fsp3) is 1.00. The first-order valence-electron chi connectivity index (χ1n) is 5.65. The number of hydrogen-bond acceptors (Lipinski definition) is 2. The predicted molar refractivity (Wildman–Crippen MR) is 56.0 cm³/mol. The second-order valence-corrected chi connectivity index (χ2v) is 3.96. The van der Waals surface area contributed by atoms with Crippen molar-refractivity contribution in [2.45, 2.75) is 38.5 Å². The highest BCUT2D eigenvalue weighted by atomic mass is 16.5. The third-order valence-electron chi connectivity index (χ3n) is 2.77. The molecule has 0 aromatic carbocycles. The van der Waals surface area contributed by atoms with Crippen LogP contribution in [-0.4, -0.2) is 38.3 Å². The molecule has 1 fully saturated rings. The van der Waals surface area contributed by atoms with Crippen LogP contribution in [0, 0.1) is 0 Å². The number of likely N-dealkylation sites (tertiary alicyclic amines) is 1. The van der Waals surface area contributed by atoms with Crippen molar-refractivity contribution < 1.29 is 4.74 Å². The monoisotopic (exact) mass is 185 g/mol. The minimum absolute atomic E-state index is 0.931. The lowest BCUT2D eigenvalue weighted by molar-refractivity contribution is 0.185. The largest absolute Gasteiger partial charge is 0.385 e. The van der Waals surface area contributed by atoms with Crippen molar-refractivity contribution >= 4 is 0 Å². The van der Waals surface area contributed by atoms with Gasteiger partial charge in [0, 0.05) is 13.7 Å². The van der Waals surface area contributed by atoms with Gasteiger partial charge in [-0.05, 0) is 51.7 Å². The molecule has 2 heteroatoms. The zero-order chi connectivity index (χ0) is 9.36. The van der Waals surface area contributed by atoms with Crippen LogP contribution in [0.1, 0.15) is 38.5 Å². The maximum absolute atomic E-state index is 5.02. The zero-order valence-electron chi connectivity index (χ0n) is 8.93. The molecule has 1 heterocycles. The van der Waals surface area contributed by atoms with Crippen LogP contribution in [0.5, 0.6) is 0 Å². The molecular formula is C11H23NO. The van der Waals surface area contributed by atoms with E-state index in [1.54, 1.807) is 7.11 Å². The van der Waals surface area contributed by atoms with E-state index in [-0.39, 0.29) is 0 Å². The first kappa shape index (κ1) is 11.0. The molecule has 1 aliphatic rings. The molecule has 2 nitrogen and oxygen atoms in total. The van der Waals surface area contributed by atoms with E-state index in [0.717, 1.165) is 6.61 Å². The number of unbranched alkanes of at least 4 members (excludes halogenated alkanes) is 2. The van der Waals surface area contributed by atoms with E-state index in [1.165, 1.54) is 58.2 Å². The van der Waals surface area contributed by atoms with Crippen LogP contribution < -0.4 is 0 Å². The SMILES string of the molecule is COCCCCCN1CCCCC1. The van der Waals surface area contributed by atoms with Gasteiger partial charge in [0.05, 0.1) is 0 Å². The van der Waals surface area contributed by atoms with Crippen LogP contribution in [0.4, 0.5) is 0 Å². The summed E-state index contributed by atoms with van der Waals surface area (Å²) in [5.41, 5.74) is 0. The maximum atomic E-state index is 5.02. The van der Waals surface area contributed by atoms with Crippen LogP contribution in [0.15, 0.2) is 0 Å². The molecule has 0 atom stereocenters. The van der Waals surface area contributed by atoms with Gasteiger partial charge < -0.3 is 9.64 Å². The average molecular weight is 185 g/mol. The summed E-state index contributed by atoms with van der Waals surface area (Å²) < 4.78 is 5.02. The molecular weight excluding hydrogens is 162 g/mol. The van der Waals surface area contributed by atoms with E-state index >= 15 is 0 Å². The maximum Gasteiger partial charge on any atom is 0.0462 e. The van der Waals surface area contributed by atoms with Gasteiger partial charge in [-0.15, -0.1) is 0 Å². The van der Waals surface area contributed by atoms with Crippen molar-refractivity contribution in [3.05, 3.63) is 0 Å². The molecule has 0 unspecified atom stereocenters. The van der Waals surface area contributed by atoms with Gasteiger partial charge in [0.1, 0.15) is 0 Å². The average Bonchev–Trinajstić information content (AvgIpc) is 2.19. The Morgan fingerprint density at radius 1 is 1.00 bits per heavy atom.